The molecule has 1 nitrogen and oxygen atoms in total. The topological polar surface area (TPSA) is 20.2 Å². The van der Waals surface area contributed by atoms with Crippen molar-refractivity contribution in [2.45, 2.75) is 72.1 Å². The van der Waals surface area contributed by atoms with E-state index in [1.54, 1.807) is 11.1 Å². The predicted molar refractivity (Wildman–Crippen MR) is 89.1 cm³/mol. The van der Waals surface area contributed by atoms with Crippen molar-refractivity contribution < 1.29 is 5.11 Å². The summed E-state index contributed by atoms with van der Waals surface area (Å²) in [5.74, 6) is 1.40. The molecule has 0 aliphatic heterocycles. The van der Waals surface area contributed by atoms with Crippen molar-refractivity contribution in [2.75, 3.05) is 6.61 Å². The third-order valence-corrected chi connectivity index (χ3v) is 7.20. The molecule has 0 saturated heterocycles. The van der Waals surface area contributed by atoms with Gasteiger partial charge in [0.1, 0.15) is 0 Å². The lowest BCUT2D eigenvalue weighted by atomic mass is 9.48. The molecule has 0 radical (unpaired) electrons. The highest BCUT2D eigenvalue weighted by atomic mass is 16.3. The number of aliphatic hydroxyl groups excluding tert-OH is 1. The molecule has 1 heteroatoms. The number of rotatable bonds is 2. The summed E-state index contributed by atoms with van der Waals surface area (Å²) in [6, 6.07) is 0. The van der Waals surface area contributed by atoms with Gasteiger partial charge in [-0.05, 0) is 74.5 Å². The predicted octanol–water partition coefficient (Wildman–Crippen LogP) is 5.26. The molecule has 4 atom stereocenters. The summed E-state index contributed by atoms with van der Waals surface area (Å²) >= 11 is 0. The summed E-state index contributed by atoms with van der Waals surface area (Å²) in [5.41, 5.74) is 5.43. The molecule has 3 rings (SSSR count). The van der Waals surface area contributed by atoms with Crippen molar-refractivity contribution in [1.29, 1.82) is 0 Å². The summed E-state index contributed by atoms with van der Waals surface area (Å²) in [5, 5.41) is 9.99. The highest BCUT2D eigenvalue weighted by Crippen LogP contribution is 2.62. The normalized spacial score (nSPS) is 43.2. The minimum absolute atomic E-state index is 0.150. The molecule has 1 N–H and O–H groups in total. The molecule has 1 saturated carbocycles. The monoisotopic (exact) mass is 288 g/mol. The molecular weight excluding hydrogens is 256 g/mol. The molecule has 0 spiro atoms. The minimum Gasteiger partial charge on any atom is -0.396 e. The van der Waals surface area contributed by atoms with Crippen LogP contribution in [0.3, 0.4) is 0 Å². The van der Waals surface area contributed by atoms with Gasteiger partial charge in [0, 0.05) is 6.61 Å². The van der Waals surface area contributed by atoms with Gasteiger partial charge in [-0.2, -0.15) is 0 Å². The highest BCUT2D eigenvalue weighted by molar-refractivity contribution is 5.32. The molecule has 0 aromatic heterocycles. The van der Waals surface area contributed by atoms with Gasteiger partial charge in [0.15, 0.2) is 0 Å². The molecule has 0 heterocycles. The van der Waals surface area contributed by atoms with Crippen molar-refractivity contribution >= 4 is 0 Å². The Hall–Kier alpha value is -0.560. The Bertz CT molecular complexity index is 474. The Morgan fingerprint density at radius 2 is 2.00 bits per heavy atom. The van der Waals surface area contributed by atoms with Gasteiger partial charge in [-0.15, -0.1) is 0 Å². The van der Waals surface area contributed by atoms with Crippen LogP contribution >= 0.6 is 0 Å². The lowest BCUT2D eigenvalue weighted by Gasteiger charge is -2.57. The fourth-order valence-corrected chi connectivity index (χ4v) is 5.89. The van der Waals surface area contributed by atoms with Gasteiger partial charge in [-0.25, -0.2) is 0 Å². The van der Waals surface area contributed by atoms with Crippen LogP contribution in [0.4, 0.5) is 0 Å². The van der Waals surface area contributed by atoms with E-state index in [2.05, 4.69) is 27.4 Å². The second-order valence-corrected chi connectivity index (χ2v) is 8.54. The van der Waals surface area contributed by atoms with Crippen LogP contribution in [0.2, 0.25) is 0 Å². The van der Waals surface area contributed by atoms with Crippen molar-refractivity contribution in [3.05, 3.63) is 23.3 Å². The lowest BCUT2D eigenvalue weighted by Crippen LogP contribution is -2.49. The maximum Gasteiger partial charge on any atom is 0.0487 e. The average Bonchev–Trinajstić information content (AvgIpc) is 2.46. The first kappa shape index (κ1) is 15.3. The maximum absolute atomic E-state index is 9.99. The second-order valence-electron chi connectivity index (χ2n) is 8.54. The first-order chi connectivity index (χ1) is 9.90. The Morgan fingerprint density at radius 3 is 2.67 bits per heavy atom. The molecule has 0 aromatic rings. The van der Waals surface area contributed by atoms with E-state index in [1.165, 1.54) is 56.9 Å². The van der Waals surface area contributed by atoms with Crippen molar-refractivity contribution in [1.82, 2.24) is 0 Å². The molecule has 1 fully saturated rings. The SMILES string of the molecule is C=C(C)C1CCC2=C(CCC3C(C)(CO)CCCC23C)C1. The van der Waals surface area contributed by atoms with E-state index in [0.717, 1.165) is 5.92 Å². The maximum atomic E-state index is 9.99. The van der Waals surface area contributed by atoms with Gasteiger partial charge in [-0.3, -0.25) is 0 Å². The summed E-state index contributed by atoms with van der Waals surface area (Å²) in [7, 11) is 0. The second kappa shape index (κ2) is 5.26. The Morgan fingerprint density at radius 1 is 1.24 bits per heavy atom. The Labute approximate surface area is 130 Å². The molecule has 4 unspecified atom stereocenters. The van der Waals surface area contributed by atoms with Crippen LogP contribution < -0.4 is 0 Å². The number of allylic oxidation sites excluding steroid dienone is 3. The zero-order valence-electron chi connectivity index (χ0n) is 14.2. The van der Waals surface area contributed by atoms with E-state index >= 15 is 0 Å². The molecule has 0 aromatic carbocycles. The van der Waals surface area contributed by atoms with Gasteiger partial charge in [-0.1, -0.05) is 43.6 Å². The largest absolute Gasteiger partial charge is 0.396 e. The van der Waals surface area contributed by atoms with Gasteiger partial charge < -0.3 is 5.11 Å². The Kier molecular flexibility index (Phi) is 3.84. The molecule has 118 valence electrons. The van der Waals surface area contributed by atoms with E-state index in [0.29, 0.717) is 17.9 Å². The zero-order valence-corrected chi connectivity index (χ0v) is 14.2. The Balaban J connectivity index is 1.94. The van der Waals surface area contributed by atoms with Crippen molar-refractivity contribution in [3.8, 4) is 0 Å². The molecule has 21 heavy (non-hydrogen) atoms. The van der Waals surface area contributed by atoms with E-state index in [4.69, 9.17) is 0 Å². The van der Waals surface area contributed by atoms with Crippen LogP contribution in [0.25, 0.3) is 0 Å². The van der Waals surface area contributed by atoms with E-state index in [9.17, 15) is 5.11 Å². The van der Waals surface area contributed by atoms with E-state index in [-0.39, 0.29) is 5.41 Å². The van der Waals surface area contributed by atoms with E-state index in [1.807, 2.05) is 0 Å². The summed E-state index contributed by atoms with van der Waals surface area (Å²) < 4.78 is 0. The quantitative estimate of drug-likeness (QED) is 0.687. The summed E-state index contributed by atoms with van der Waals surface area (Å²) in [6.07, 6.45) is 10.2. The molecule has 0 bridgehead atoms. The number of aliphatic hydroxyl groups is 1. The number of hydrogen-bond acceptors (Lipinski definition) is 1. The van der Waals surface area contributed by atoms with Gasteiger partial charge in [0.05, 0.1) is 0 Å². The van der Waals surface area contributed by atoms with Crippen LogP contribution in [0.15, 0.2) is 23.3 Å². The molecule has 3 aliphatic carbocycles. The molecule has 0 amide bonds. The highest BCUT2D eigenvalue weighted by Gasteiger charge is 2.52. The third-order valence-electron chi connectivity index (χ3n) is 7.20. The zero-order chi connectivity index (χ0) is 15.3. The average molecular weight is 288 g/mol. The summed E-state index contributed by atoms with van der Waals surface area (Å²) in [4.78, 5) is 0. The first-order valence-corrected chi connectivity index (χ1v) is 8.88. The smallest absolute Gasteiger partial charge is 0.0487 e. The molecule has 3 aliphatic rings. The van der Waals surface area contributed by atoms with Crippen LogP contribution in [-0.4, -0.2) is 11.7 Å². The van der Waals surface area contributed by atoms with Crippen molar-refractivity contribution in [3.63, 3.8) is 0 Å². The standard InChI is InChI=1S/C20H32O/c1-14(2)15-6-8-17-16(12-15)7-9-18-19(3,13-21)10-5-11-20(17,18)4/h15,18,21H,1,5-13H2,2-4H3. The first-order valence-electron chi connectivity index (χ1n) is 8.88. The molecular formula is C20H32O. The van der Waals surface area contributed by atoms with Crippen LogP contribution in [-0.2, 0) is 0 Å². The van der Waals surface area contributed by atoms with Gasteiger partial charge >= 0.3 is 0 Å². The van der Waals surface area contributed by atoms with Crippen LogP contribution in [0.5, 0.6) is 0 Å². The van der Waals surface area contributed by atoms with Crippen LogP contribution in [0.1, 0.15) is 72.1 Å². The third kappa shape index (κ3) is 2.32. The number of fused-ring (bicyclic) bond motifs is 2. The summed E-state index contributed by atoms with van der Waals surface area (Å²) in [6.45, 7) is 11.6. The number of hydrogen-bond donors (Lipinski definition) is 1. The minimum atomic E-state index is 0.150. The fourth-order valence-electron chi connectivity index (χ4n) is 5.89. The van der Waals surface area contributed by atoms with Gasteiger partial charge in [0.2, 0.25) is 0 Å². The van der Waals surface area contributed by atoms with E-state index < -0.39 is 0 Å². The fraction of sp³-hybridized carbons (Fsp3) is 0.800. The van der Waals surface area contributed by atoms with Crippen molar-refractivity contribution in [2.24, 2.45) is 22.7 Å². The lowest BCUT2D eigenvalue weighted by molar-refractivity contribution is -0.0406. The van der Waals surface area contributed by atoms with Crippen LogP contribution in [0, 0.1) is 22.7 Å². The van der Waals surface area contributed by atoms with Gasteiger partial charge in [0.25, 0.3) is 0 Å².